The molecular weight excluding hydrogens is 294 g/mol. The van der Waals surface area contributed by atoms with Crippen LogP contribution >= 0.6 is 15.9 Å². The summed E-state index contributed by atoms with van der Waals surface area (Å²) in [6.07, 6.45) is 1.91. The number of halogens is 1. The van der Waals surface area contributed by atoms with Gasteiger partial charge in [-0.2, -0.15) is 0 Å². The van der Waals surface area contributed by atoms with Crippen LogP contribution in [-0.2, 0) is 11.3 Å². The summed E-state index contributed by atoms with van der Waals surface area (Å²) in [5, 5.41) is 0. The van der Waals surface area contributed by atoms with E-state index in [9.17, 15) is 4.79 Å². The number of rotatable bonds is 3. The summed E-state index contributed by atoms with van der Waals surface area (Å²) < 4.78 is 1.02. The number of nitrogen functional groups attached to an aromatic ring is 1. The molecule has 5 heteroatoms. The van der Waals surface area contributed by atoms with E-state index in [1.54, 1.807) is 0 Å². The Morgan fingerprint density at radius 2 is 2.28 bits per heavy atom. The first-order valence-corrected chi connectivity index (χ1v) is 6.91. The van der Waals surface area contributed by atoms with Crippen molar-refractivity contribution in [3.63, 3.8) is 0 Å². The zero-order valence-electron chi connectivity index (χ0n) is 10.2. The highest BCUT2D eigenvalue weighted by Crippen LogP contribution is 2.26. The summed E-state index contributed by atoms with van der Waals surface area (Å²) in [7, 11) is 0. The van der Waals surface area contributed by atoms with Crippen molar-refractivity contribution >= 4 is 27.5 Å². The maximum absolute atomic E-state index is 11.2. The van der Waals surface area contributed by atoms with Crippen LogP contribution < -0.4 is 11.5 Å². The summed E-state index contributed by atoms with van der Waals surface area (Å²) in [6.45, 7) is 2.48. The van der Waals surface area contributed by atoms with Gasteiger partial charge in [-0.15, -0.1) is 0 Å². The molecular formula is C13H18BrN3O. The molecule has 1 fully saturated rings. The number of nitrogens with two attached hydrogens (primary N) is 2. The van der Waals surface area contributed by atoms with Crippen molar-refractivity contribution < 1.29 is 4.79 Å². The van der Waals surface area contributed by atoms with E-state index in [2.05, 4.69) is 20.8 Å². The topological polar surface area (TPSA) is 72.4 Å². The second-order valence-electron chi connectivity index (χ2n) is 4.78. The van der Waals surface area contributed by atoms with Crippen molar-refractivity contribution in [2.45, 2.75) is 19.4 Å². The van der Waals surface area contributed by atoms with Crippen LogP contribution in [-0.4, -0.2) is 23.9 Å². The van der Waals surface area contributed by atoms with E-state index < -0.39 is 0 Å². The Kier molecular flexibility index (Phi) is 4.24. The Morgan fingerprint density at radius 1 is 1.50 bits per heavy atom. The van der Waals surface area contributed by atoms with Gasteiger partial charge < -0.3 is 11.5 Å². The number of amides is 1. The zero-order chi connectivity index (χ0) is 13.1. The summed E-state index contributed by atoms with van der Waals surface area (Å²) in [6, 6.07) is 5.81. The lowest BCUT2D eigenvalue weighted by atomic mass is 9.97. The lowest BCUT2D eigenvalue weighted by Crippen LogP contribution is -2.40. The van der Waals surface area contributed by atoms with Gasteiger partial charge in [-0.05, 0) is 31.5 Å². The lowest BCUT2D eigenvalue weighted by Gasteiger charge is -2.31. The predicted octanol–water partition coefficient (Wildman–Crippen LogP) is 1.73. The average molecular weight is 312 g/mol. The standard InChI is InChI=1S/C13H18BrN3O/c14-11-4-1-5-12(15)10(11)8-17-6-2-3-9(7-17)13(16)18/h1,4-5,9H,2-3,6-8,15H2,(H2,16,18). The van der Waals surface area contributed by atoms with Gasteiger partial charge in [0.1, 0.15) is 0 Å². The highest BCUT2D eigenvalue weighted by molar-refractivity contribution is 9.10. The number of likely N-dealkylation sites (tertiary alicyclic amines) is 1. The fourth-order valence-corrected chi connectivity index (χ4v) is 2.90. The highest BCUT2D eigenvalue weighted by atomic mass is 79.9. The molecule has 1 aliphatic heterocycles. The molecule has 1 heterocycles. The first kappa shape index (κ1) is 13.4. The Bertz CT molecular complexity index is 430. The number of anilines is 1. The van der Waals surface area contributed by atoms with Crippen LogP contribution in [0, 0.1) is 5.92 Å². The number of hydrogen-bond donors (Lipinski definition) is 2. The van der Waals surface area contributed by atoms with Crippen LogP contribution in [0.2, 0.25) is 0 Å². The lowest BCUT2D eigenvalue weighted by molar-refractivity contribution is -0.123. The number of primary amides is 1. The van der Waals surface area contributed by atoms with E-state index >= 15 is 0 Å². The first-order valence-electron chi connectivity index (χ1n) is 6.12. The van der Waals surface area contributed by atoms with Gasteiger partial charge in [-0.25, -0.2) is 0 Å². The molecule has 18 heavy (non-hydrogen) atoms. The quantitative estimate of drug-likeness (QED) is 0.835. The molecule has 98 valence electrons. The second kappa shape index (κ2) is 5.71. The fourth-order valence-electron chi connectivity index (χ4n) is 2.40. The van der Waals surface area contributed by atoms with Crippen molar-refractivity contribution in [3.05, 3.63) is 28.2 Å². The van der Waals surface area contributed by atoms with E-state index in [1.807, 2.05) is 18.2 Å². The first-order chi connectivity index (χ1) is 8.58. The number of piperidine rings is 1. The minimum Gasteiger partial charge on any atom is -0.398 e. The molecule has 1 unspecified atom stereocenters. The maximum Gasteiger partial charge on any atom is 0.221 e. The molecule has 1 aromatic carbocycles. The highest BCUT2D eigenvalue weighted by Gasteiger charge is 2.24. The molecule has 0 spiro atoms. The minimum absolute atomic E-state index is 0.0255. The fraction of sp³-hybridized carbons (Fsp3) is 0.462. The molecule has 0 aliphatic carbocycles. The van der Waals surface area contributed by atoms with Gasteiger partial charge in [0, 0.05) is 28.8 Å². The molecule has 2 rings (SSSR count). The van der Waals surface area contributed by atoms with Gasteiger partial charge in [0.05, 0.1) is 5.92 Å². The molecule has 4 N–H and O–H groups in total. The number of hydrogen-bond acceptors (Lipinski definition) is 3. The Labute approximate surface area is 115 Å². The molecule has 4 nitrogen and oxygen atoms in total. The molecule has 1 saturated heterocycles. The van der Waals surface area contributed by atoms with Crippen LogP contribution in [0.1, 0.15) is 18.4 Å². The Hall–Kier alpha value is -1.07. The largest absolute Gasteiger partial charge is 0.398 e. The zero-order valence-corrected chi connectivity index (χ0v) is 11.8. The Morgan fingerprint density at radius 3 is 2.94 bits per heavy atom. The summed E-state index contributed by atoms with van der Waals surface area (Å²) in [4.78, 5) is 13.5. The van der Waals surface area contributed by atoms with Crippen LogP contribution in [0.4, 0.5) is 5.69 Å². The van der Waals surface area contributed by atoms with Crippen molar-refractivity contribution in [3.8, 4) is 0 Å². The predicted molar refractivity (Wildman–Crippen MR) is 75.7 cm³/mol. The molecule has 0 bridgehead atoms. The molecule has 0 saturated carbocycles. The van der Waals surface area contributed by atoms with E-state index in [0.29, 0.717) is 0 Å². The third kappa shape index (κ3) is 3.03. The normalized spacial score (nSPS) is 20.8. The van der Waals surface area contributed by atoms with Crippen LogP contribution in [0.25, 0.3) is 0 Å². The summed E-state index contributed by atoms with van der Waals surface area (Å²) >= 11 is 3.52. The summed E-state index contributed by atoms with van der Waals surface area (Å²) in [5.41, 5.74) is 13.2. The smallest absolute Gasteiger partial charge is 0.221 e. The molecule has 1 aromatic rings. The van der Waals surface area contributed by atoms with Gasteiger partial charge >= 0.3 is 0 Å². The Balaban J connectivity index is 2.07. The van der Waals surface area contributed by atoms with Gasteiger partial charge in [0.2, 0.25) is 5.91 Å². The van der Waals surface area contributed by atoms with Crippen molar-refractivity contribution in [2.75, 3.05) is 18.8 Å². The monoisotopic (exact) mass is 311 g/mol. The molecule has 1 atom stereocenters. The van der Waals surface area contributed by atoms with Gasteiger partial charge in [0.25, 0.3) is 0 Å². The van der Waals surface area contributed by atoms with Crippen LogP contribution in [0.3, 0.4) is 0 Å². The van der Waals surface area contributed by atoms with Crippen LogP contribution in [0.15, 0.2) is 22.7 Å². The molecule has 0 aromatic heterocycles. The number of carbonyl (C=O) groups is 1. The number of carbonyl (C=O) groups excluding carboxylic acids is 1. The minimum atomic E-state index is -0.195. The van der Waals surface area contributed by atoms with Crippen LogP contribution in [0.5, 0.6) is 0 Å². The molecule has 1 amide bonds. The van der Waals surface area contributed by atoms with E-state index in [-0.39, 0.29) is 11.8 Å². The molecule has 1 aliphatic rings. The number of benzene rings is 1. The third-order valence-corrected chi connectivity index (χ3v) is 4.19. The van der Waals surface area contributed by atoms with E-state index in [0.717, 1.165) is 48.2 Å². The van der Waals surface area contributed by atoms with E-state index in [4.69, 9.17) is 11.5 Å². The van der Waals surface area contributed by atoms with Crippen molar-refractivity contribution in [1.82, 2.24) is 4.90 Å². The SMILES string of the molecule is NC(=O)C1CCCN(Cc2c(N)cccc2Br)C1. The average Bonchev–Trinajstić information content (AvgIpc) is 2.34. The number of nitrogens with zero attached hydrogens (tertiary/aromatic N) is 1. The molecule has 0 radical (unpaired) electrons. The third-order valence-electron chi connectivity index (χ3n) is 3.44. The van der Waals surface area contributed by atoms with Gasteiger partial charge in [0.15, 0.2) is 0 Å². The summed E-state index contributed by atoms with van der Waals surface area (Å²) in [5.74, 6) is -0.220. The van der Waals surface area contributed by atoms with Gasteiger partial charge in [-0.1, -0.05) is 22.0 Å². The maximum atomic E-state index is 11.2. The van der Waals surface area contributed by atoms with Crippen molar-refractivity contribution in [2.24, 2.45) is 11.7 Å². The van der Waals surface area contributed by atoms with Crippen molar-refractivity contribution in [1.29, 1.82) is 0 Å². The van der Waals surface area contributed by atoms with E-state index in [1.165, 1.54) is 0 Å². The van der Waals surface area contributed by atoms with Gasteiger partial charge in [-0.3, -0.25) is 9.69 Å². The second-order valence-corrected chi connectivity index (χ2v) is 5.64.